The Morgan fingerprint density at radius 1 is 1.08 bits per heavy atom. The minimum absolute atomic E-state index is 0.0531. The average Bonchev–Trinajstić information content (AvgIpc) is 3.29. The second-order valence-electron chi connectivity index (χ2n) is 8.32. The molecule has 4 aliphatic rings. The van der Waals surface area contributed by atoms with E-state index >= 15 is 0 Å². The maximum Gasteiger partial charge on any atom is 0.231 e. The van der Waals surface area contributed by atoms with Crippen LogP contribution in [0.1, 0.15) is 38.5 Å². The van der Waals surface area contributed by atoms with Crippen LogP contribution in [0.25, 0.3) is 0 Å². The van der Waals surface area contributed by atoms with Gasteiger partial charge in [-0.2, -0.15) is 0 Å². The minimum Gasteiger partial charge on any atom is -0.369 e. The van der Waals surface area contributed by atoms with Crippen molar-refractivity contribution in [2.75, 3.05) is 39.3 Å². The van der Waals surface area contributed by atoms with Crippen molar-refractivity contribution >= 4 is 11.8 Å². The van der Waals surface area contributed by atoms with Crippen molar-refractivity contribution in [1.29, 1.82) is 0 Å². The van der Waals surface area contributed by atoms with E-state index in [1.54, 1.807) is 0 Å². The fourth-order valence-corrected chi connectivity index (χ4v) is 5.49. The van der Waals surface area contributed by atoms with E-state index in [0.29, 0.717) is 31.0 Å². The van der Waals surface area contributed by atoms with Crippen LogP contribution >= 0.6 is 0 Å². The fraction of sp³-hybridized carbons (Fsp3) is 0.889. The number of nitrogens with zero attached hydrogens (tertiary/aromatic N) is 2. The monoisotopic (exact) mass is 334 g/mol. The molecule has 4 fully saturated rings. The van der Waals surface area contributed by atoms with Crippen LogP contribution < -0.4 is 11.1 Å². The Labute approximate surface area is 144 Å². The number of carbonyl (C=O) groups is 2. The van der Waals surface area contributed by atoms with E-state index in [-0.39, 0.29) is 17.2 Å². The van der Waals surface area contributed by atoms with Crippen molar-refractivity contribution in [2.45, 2.75) is 44.6 Å². The predicted octanol–water partition coefficient (Wildman–Crippen LogP) is 0.174. The van der Waals surface area contributed by atoms with E-state index in [1.165, 1.54) is 25.7 Å². The summed E-state index contributed by atoms with van der Waals surface area (Å²) in [5.74, 6) is 0.497. The molecule has 0 aromatic heterocycles. The van der Waals surface area contributed by atoms with Crippen molar-refractivity contribution < 1.29 is 9.59 Å². The Kier molecular flexibility index (Phi) is 4.29. The number of nitrogens with two attached hydrogens (primary N) is 1. The summed E-state index contributed by atoms with van der Waals surface area (Å²) in [6.07, 6.45) is 6.73. The van der Waals surface area contributed by atoms with E-state index in [2.05, 4.69) is 10.2 Å². The number of rotatable bonds is 3. The molecule has 0 unspecified atom stereocenters. The van der Waals surface area contributed by atoms with Crippen molar-refractivity contribution in [3.63, 3.8) is 0 Å². The summed E-state index contributed by atoms with van der Waals surface area (Å²) in [4.78, 5) is 29.4. The summed E-state index contributed by atoms with van der Waals surface area (Å²) >= 11 is 0. The summed E-state index contributed by atoms with van der Waals surface area (Å²) < 4.78 is 0. The first-order valence-electron chi connectivity index (χ1n) is 9.63. The Balaban J connectivity index is 1.45. The minimum atomic E-state index is -0.234. The van der Waals surface area contributed by atoms with Gasteiger partial charge in [0.05, 0.1) is 5.41 Å². The smallest absolute Gasteiger partial charge is 0.231 e. The Morgan fingerprint density at radius 3 is 2.46 bits per heavy atom. The Bertz CT molecular complexity index is 511. The van der Waals surface area contributed by atoms with Crippen LogP contribution in [0, 0.1) is 17.3 Å². The molecule has 0 aromatic carbocycles. The quantitative estimate of drug-likeness (QED) is 0.771. The van der Waals surface area contributed by atoms with Gasteiger partial charge in [0, 0.05) is 57.1 Å². The molecule has 24 heavy (non-hydrogen) atoms. The lowest BCUT2D eigenvalue weighted by Crippen LogP contribution is -2.52. The topological polar surface area (TPSA) is 78.7 Å². The van der Waals surface area contributed by atoms with E-state index in [9.17, 15) is 9.59 Å². The number of hydrogen-bond donors (Lipinski definition) is 2. The maximum atomic E-state index is 13.4. The third-order valence-corrected chi connectivity index (χ3v) is 7.00. The van der Waals surface area contributed by atoms with Gasteiger partial charge in [-0.25, -0.2) is 0 Å². The number of amides is 2. The van der Waals surface area contributed by atoms with Crippen LogP contribution in [0.5, 0.6) is 0 Å². The van der Waals surface area contributed by atoms with Crippen molar-refractivity contribution in [1.82, 2.24) is 15.1 Å². The van der Waals surface area contributed by atoms with Gasteiger partial charge < -0.3 is 16.0 Å². The van der Waals surface area contributed by atoms with Gasteiger partial charge >= 0.3 is 0 Å². The summed E-state index contributed by atoms with van der Waals surface area (Å²) in [6.45, 7) is 5.14. The number of carbonyl (C=O) groups excluding carboxylic acids is 2. The van der Waals surface area contributed by atoms with Gasteiger partial charge in [0.1, 0.15) is 0 Å². The molecule has 6 nitrogen and oxygen atoms in total. The van der Waals surface area contributed by atoms with Gasteiger partial charge in [0.2, 0.25) is 11.8 Å². The highest BCUT2D eigenvalue weighted by Gasteiger charge is 2.57. The zero-order valence-electron chi connectivity index (χ0n) is 14.5. The SMILES string of the molecule is NC(=O)C1CCN(C(=O)[C@]23CNC[C@H]2CN(C2CCCC2)C3)CC1. The first-order chi connectivity index (χ1) is 11.6. The van der Waals surface area contributed by atoms with E-state index < -0.39 is 0 Å². The Morgan fingerprint density at radius 2 is 1.79 bits per heavy atom. The number of primary amides is 1. The summed E-state index contributed by atoms with van der Waals surface area (Å²) in [5, 5.41) is 3.47. The van der Waals surface area contributed by atoms with Crippen LogP contribution in [-0.4, -0.2) is 66.9 Å². The van der Waals surface area contributed by atoms with Gasteiger partial charge in [-0.3, -0.25) is 14.5 Å². The highest BCUT2D eigenvalue weighted by molar-refractivity contribution is 5.85. The van der Waals surface area contributed by atoms with Crippen molar-refractivity contribution in [2.24, 2.45) is 23.0 Å². The van der Waals surface area contributed by atoms with Crippen LogP contribution in [0.3, 0.4) is 0 Å². The first-order valence-corrected chi connectivity index (χ1v) is 9.63. The third-order valence-electron chi connectivity index (χ3n) is 7.00. The van der Waals surface area contributed by atoms with Gasteiger partial charge in [-0.15, -0.1) is 0 Å². The van der Waals surface area contributed by atoms with E-state index in [4.69, 9.17) is 5.73 Å². The predicted molar refractivity (Wildman–Crippen MR) is 91.1 cm³/mol. The van der Waals surface area contributed by atoms with Gasteiger partial charge in [-0.1, -0.05) is 12.8 Å². The molecule has 6 heteroatoms. The average molecular weight is 334 g/mol. The molecule has 0 radical (unpaired) electrons. The molecule has 2 amide bonds. The molecule has 3 heterocycles. The molecule has 2 atom stereocenters. The second-order valence-corrected chi connectivity index (χ2v) is 8.32. The van der Waals surface area contributed by atoms with Crippen LogP contribution in [0.4, 0.5) is 0 Å². The summed E-state index contributed by atoms with van der Waals surface area (Å²) in [6, 6.07) is 0.695. The van der Waals surface area contributed by atoms with Crippen LogP contribution in [-0.2, 0) is 9.59 Å². The third kappa shape index (κ3) is 2.64. The number of fused-ring (bicyclic) bond motifs is 1. The lowest BCUT2D eigenvalue weighted by atomic mass is 9.79. The first kappa shape index (κ1) is 16.3. The zero-order chi connectivity index (χ0) is 16.7. The molecule has 134 valence electrons. The number of likely N-dealkylation sites (tertiary alicyclic amines) is 2. The van der Waals surface area contributed by atoms with Crippen LogP contribution in [0.2, 0.25) is 0 Å². The summed E-state index contributed by atoms with van der Waals surface area (Å²) in [5.41, 5.74) is 5.19. The molecule has 0 aromatic rings. The maximum absolute atomic E-state index is 13.4. The van der Waals surface area contributed by atoms with E-state index in [1.807, 2.05) is 4.90 Å². The van der Waals surface area contributed by atoms with Crippen LogP contribution in [0.15, 0.2) is 0 Å². The second kappa shape index (κ2) is 6.30. The van der Waals surface area contributed by atoms with E-state index in [0.717, 1.165) is 39.0 Å². The van der Waals surface area contributed by atoms with Crippen molar-refractivity contribution in [3.05, 3.63) is 0 Å². The number of hydrogen-bond acceptors (Lipinski definition) is 4. The molecule has 3 saturated heterocycles. The molecule has 0 spiro atoms. The molecule has 3 aliphatic heterocycles. The number of nitrogens with one attached hydrogen (secondary N) is 1. The Hall–Kier alpha value is -1.14. The highest BCUT2D eigenvalue weighted by Crippen LogP contribution is 2.43. The fourth-order valence-electron chi connectivity index (χ4n) is 5.49. The molecule has 0 bridgehead atoms. The lowest BCUT2D eigenvalue weighted by Gasteiger charge is -2.38. The lowest BCUT2D eigenvalue weighted by molar-refractivity contribution is -0.144. The molecule has 4 rings (SSSR count). The molecule has 1 saturated carbocycles. The molecule has 1 aliphatic carbocycles. The van der Waals surface area contributed by atoms with Gasteiger partial charge in [0.25, 0.3) is 0 Å². The largest absolute Gasteiger partial charge is 0.369 e. The molecular formula is C18H30N4O2. The van der Waals surface area contributed by atoms with Gasteiger partial charge in [-0.05, 0) is 25.7 Å². The highest BCUT2D eigenvalue weighted by atomic mass is 16.2. The van der Waals surface area contributed by atoms with Gasteiger partial charge in [0.15, 0.2) is 0 Å². The molecular weight excluding hydrogens is 304 g/mol. The zero-order valence-corrected chi connectivity index (χ0v) is 14.5. The van der Waals surface area contributed by atoms with Crippen molar-refractivity contribution in [3.8, 4) is 0 Å². The normalized spacial score (nSPS) is 35.5. The summed E-state index contributed by atoms with van der Waals surface area (Å²) in [7, 11) is 0. The molecule has 3 N–H and O–H groups in total. The number of piperidine rings is 1. The standard InChI is InChI=1S/C18H30N4O2/c19-16(23)13-5-7-21(8-6-13)17(24)18-11-20-9-14(18)10-22(12-18)15-3-1-2-4-15/h13-15,20H,1-12H2,(H2,19,23)/t14-,18-/m0/s1.